The van der Waals surface area contributed by atoms with Crippen molar-refractivity contribution < 1.29 is 14.3 Å². The monoisotopic (exact) mass is 603 g/mol. The molecule has 4 aromatic rings. The van der Waals surface area contributed by atoms with Crippen molar-refractivity contribution in [3.8, 4) is 26.9 Å². The maximum Gasteiger partial charge on any atom is 0.275 e. The lowest BCUT2D eigenvalue weighted by atomic mass is 10.1. The number of nitrogens with zero attached hydrogens (tertiary/aromatic N) is 5. The number of hydrogen-bond acceptors (Lipinski definition) is 11. The summed E-state index contributed by atoms with van der Waals surface area (Å²) in [6.07, 6.45) is 1.33. The van der Waals surface area contributed by atoms with E-state index in [1.165, 1.54) is 17.4 Å². The summed E-state index contributed by atoms with van der Waals surface area (Å²) in [6.45, 7) is 11.0. The van der Waals surface area contributed by atoms with Crippen LogP contribution in [0.4, 0.5) is 5.82 Å². The highest BCUT2D eigenvalue weighted by Crippen LogP contribution is 2.42. The first-order valence-corrected chi connectivity index (χ1v) is 15.7. The number of thiophene rings is 2. The van der Waals surface area contributed by atoms with Crippen LogP contribution in [0, 0.1) is 6.92 Å². The zero-order chi connectivity index (χ0) is 29.2. The van der Waals surface area contributed by atoms with Crippen LogP contribution in [0.15, 0.2) is 53.4 Å². The van der Waals surface area contributed by atoms with E-state index in [9.17, 15) is 9.59 Å². The van der Waals surface area contributed by atoms with Gasteiger partial charge in [0, 0.05) is 62.3 Å². The zero-order valence-electron chi connectivity index (χ0n) is 23.6. The number of anilines is 1. The second kappa shape index (κ2) is 12.3. The van der Waals surface area contributed by atoms with Crippen molar-refractivity contribution in [1.82, 2.24) is 24.8 Å². The smallest absolute Gasteiger partial charge is 0.275 e. The van der Waals surface area contributed by atoms with Gasteiger partial charge >= 0.3 is 0 Å². The number of carbonyl (C=O) groups is 2. The normalized spacial score (nSPS) is 16.5. The van der Waals surface area contributed by atoms with Gasteiger partial charge in [-0.2, -0.15) is 5.01 Å². The van der Waals surface area contributed by atoms with Gasteiger partial charge in [-0.1, -0.05) is 6.07 Å². The molecule has 3 aromatic heterocycles. The van der Waals surface area contributed by atoms with Crippen LogP contribution in [-0.2, 0) is 9.59 Å². The largest absolute Gasteiger partial charge is 0.492 e. The Kier molecular flexibility index (Phi) is 8.31. The van der Waals surface area contributed by atoms with E-state index in [0.29, 0.717) is 30.4 Å². The second-order valence-corrected chi connectivity index (χ2v) is 12.3. The first kappa shape index (κ1) is 28.4. The Bertz CT molecular complexity index is 1620. The van der Waals surface area contributed by atoms with Crippen LogP contribution in [0.5, 0.6) is 5.75 Å². The lowest BCUT2D eigenvalue weighted by Gasteiger charge is -2.34. The Morgan fingerprint density at radius 1 is 1.00 bits per heavy atom. The van der Waals surface area contributed by atoms with Crippen LogP contribution in [-0.4, -0.2) is 89.0 Å². The van der Waals surface area contributed by atoms with Crippen LogP contribution in [0.2, 0.25) is 0 Å². The van der Waals surface area contributed by atoms with E-state index in [4.69, 9.17) is 20.4 Å². The average Bonchev–Trinajstić information content (AvgIpc) is 3.70. The molecule has 218 valence electrons. The third-order valence-electron chi connectivity index (χ3n) is 7.55. The van der Waals surface area contributed by atoms with E-state index in [-0.39, 0.29) is 5.91 Å². The molecule has 0 aliphatic carbocycles. The van der Waals surface area contributed by atoms with Gasteiger partial charge in [0.15, 0.2) is 11.6 Å². The number of carbonyl (C=O) groups excluding carboxylic acids is 2. The minimum atomic E-state index is -0.417. The lowest BCUT2D eigenvalue weighted by molar-refractivity contribution is -0.135. The molecule has 0 radical (unpaired) electrons. The molecule has 0 atom stereocenters. The first-order valence-electron chi connectivity index (χ1n) is 14.0. The summed E-state index contributed by atoms with van der Waals surface area (Å²) < 4.78 is 6.07. The van der Waals surface area contributed by atoms with E-state index in [1.54, 1.807) is 18.3 Å². The number of piperazine rings is 1. The fourth-order valence-electron chi connectivity index (χ4n) is 5.23. The van der Waals surface area contributed by atoms with Gasteiger partial charge in [0.1, 0.15) is 17.2 Å². The maximum absolute atomic E-state index is 12.6. The lowest BCUT2D eigenvalue weighted by Crippen LogP contribution is -2.48. The molecule has 3 N–H and O–H groups in total. The van der Waals surface area contributed by atoms with Crippen molar-refractivity contribution in [3.63, 3.8) is 0 Å². The van der Waals surface area contributed by atoms with Gasteiger partial charge in [-0.25, -0.2) is 9.97 Å². The van der Waals surface area contributed by atoms with E-state index in [0.717, 1.165) is 81.1 Å². The van der Waals surface area contributed by atoms with Crippen LogP contribution in [0.25, 0.3) is 31.4 Å². The fourth-order valence-corrected chi connectivity index (χ4v) is 7.07. The molecule has 2 aliphatic rings. The molecule has 42 heavy (non-hydrogen) atoms. The number of amides is 2. The highest BCUT2D eigenvalue weighted by molar-refractivity contribution is 7.22. The molecule has 2 aliphatic heterocycles. The number of ether oxygens (including phenoxy) is 1. The molecule has 6 rings (SSSR count). The molecule has 0 unspecified atom stereocenters. The molecule has 5 heterocycles. The molecule has 1 aromatic carbocycles. The topological polar surface area (TPSA) is 117 Å². The molecule has 2 amide bonds. The van der Waals surface area contributed by atoms with Crippen LogP contribution < -0.4 is 15.9 Å². The number of aryl methyl sites for hydroxylation is 1. The summed E-state index contributed by atoms with van der Waals surface area (Å²) in [6, 6.07) is 12.0. The number of fused-ring (bicyclic) bond motifs is 1. The maximum atomic E-state index is 12.6. The van der Waals surface area contributed by atoms with Crippen molar-refractivity contribution in [1.29, 1.82) is 0 Å². The third kappa shape index (κ3) is 5.81. The minimum Gasteiger partial charge on any atom is -0.492 e. The molecule has 1 fully saturated rings. The summed E-state index contributed by atoms with van der Waals surface area (Å²) in [5.41, 5.74) is 11.1. The van der Waals surface area contributed by atoms with Crippen LogP contribution >= 0.6 is 22.7 Å². The SMILES string of the molecule is CC1=CC(=O)N(Nc2nc(-c3cccs3)nc3sc(-c4ccc(OCCN5CCN(CCN)CC5)cc4)c(C)c23)C1=O. The molecular formula is C30H33N7O3S2. The number of aromatic nitrogens is 2. The van der Waals surface area contributed by atoms with Gasteiger partial charge in [-0.15, -0.1) is 22.7 Å². The summed E-state index contributed by atoms with van der Waals surface area (Å²) in [5.74, 6) is 0.995. The van der Waals surface area contributed by atoms with E-state index < -0.39 is 5.91 Å². The number of rotatable bonds is 10. The Hall–Kier alpha value is -3.68. The van der Waals surface area contributed by atoms with Crippen molar-refractivity contribution in [2.45, 2.75) is 13.8 Å². The Morgan fingerprint density at radius 2 is 1.74 bits per heavy atom. The van der Waals surface area contributed by atoms with Gasteiger partial charge in [0.2, 0.25) is 0 Å². The number of nitrogens with one attached hydrogen (secondary N) is 1. The van der Waals surface area contributed by atoms with Crippen LogP contribution in [0.3, 0.4) is 0 Å². The molecule has 10 nitrogen and oxygen atoms in total. The molecule has 1 saturated heterocycles. The van der Waals surface area contributed by atoms with Gasteiger partial charge in [-0.3, -0.25) is 24.8 Å². The van der Waals surface area contributed by atoms with E-state index in [2.05, 4.69) is 27.4 Å². The highest BCUT2D eigenvalue weighted by Gasteiger charge is 2.30. The summed E-state index contributed by atoms with van der Waals surface area (Å²) in [7, 11) is 0. The van der Waals surface area contributed by atoms with Crippen molar-refractivity contribution in [2.24, 2.45) is 5.73 Å². The first-order chi connectivity index (χ1) is 20.4. The van der Waals surface area contributed by atoms with Crippen molar-refractivity contribution in [2.75, 3.05) is 57.8 Å². The Morgan fingerprint density at radius 3 is 2.38 bits per heavy atom. The fraction of sp³-hybridized carbons (Fsp3) is 0.333. The predicted octanol–water partition coefficient (Wildman–Crippen LogP) is 3.99. The van der Waals surface area contributed by atoms with Crippen molar-refractivity contribution in [3.05, 3.63) is 59.0 Å². The predicted molar refractivity (Wildman–Crippen MR) is 168 cm³/mol. The van der Waals surface area contributed by atoms with Gasteiger partial charge in [0.05, 0.1) is 10.3 Å². The molecule has 0 saturated carbocycles. The summed E-state index contributed by atoms with van der Waals surface area (Å²) in [4.78, 5) is 42.3. The third-order valence-corrected chi connectivity index (χ3v) is 9.65. The van der Waals surface area contributed by atoms with Crippen molar-refractivity contribution >= 4 is 50.5 Å². The highest BCUT2D eigenvalue weighted by atomic mass is 32.1. The summed E-state index contributed by atoms with van der Waals surface area (Å²) in [5, 5.41) is 3.76. The average molecular weight is 604 g/mol. The van der Waals surface area contributed by atoms with Gasteiger partial charge < -0.3 is 10.5 Å². The van der Waals surface area contributed by atoms with E-state index >= 15 is 0 Å². The minimum absolute atomic E-state index is 0.381. The number of hydrazine groups is 1. The van der Waals surface area contributed by atoms with Gasteiger partial charge in [0.25, 0.3) is 11.8 Å². The Labute approximate surface area is 252 Å². The second-order valence-electron chi connectivity index (χ2n) is 10.4. The van der Waals surface area contributed by atoms with Crippen LogP contribution in [0.1, 0.15) is 12.5 Å². The zero-order valence-corrected chi connectivity index (χ0v) is 25.3. The molecule has 0 spiro atoms. The molecular weight excluding hydrogens is 571 g/mol. The van der Waals surface area contributed by atoms with E-state index in [1.807, 2.05) is 36.6 Å². The standard InChI is InChI=1S/C30H33N7O3S2/c1-19-18-24(38)37(30(19)39)34-28-25-20(2)26(42-29(25)33-27(32-28)23-4-3-17-41-23)21-5-7-22(8-6-21)40-16-15-36-13-11-35(10-9-31)12-14-36/h3-8,17-18H,9-16,31H2,1-2H3,(H,32,33,34). The number of hydrogen-bond donors (Lipinski definition) is 2. The molecule has 0 bridgehead atoms. The summed E-state index contributed by atoms with van der Waals surface area (Å²) >= 11 is 3.10. The number of benzene rings is 1. The number of imide groups is 1. The molecule has 12 heteroatoms. The number of nitrogens with two attached hydrogens (primary N) is 1. The van der Waals surface area contributed by atoms with Gasteiger partial charge in [-0.05, 0) is 60.7 Å². The Balaban J connectivity index is 1.21. The quantitative estimate of drug-likeness (QED) is 0.260.